The van der Waals surface area contributed by atoms with E-state index in [4.69, 9.17) is 10.5 Å². The standard InChI is InChI=1S/C14H24N2O/c1-5-11(9-16-3)14(15)12-8-10(2)6-7-13(12)17-4/h6-8,11,14,16H,5,9,15H2,1-4H3. The Balaban J connectivity index is 2.99. The summed E-state index contributed by atoms with van der Waals surface area (Å²) >= 11 is 0. The van der Waals surface area contributed by atoms with E-state index in [1.54, 1.807) is 7.11 Å². The lowest BCUT2D eigenvalue weighted by Crippen LogP contribution is -2.29. The Labute approximate surface area is 104 Å². The molecule has 0 saturated heterocycles. The Morgan fingerprint density at radius 3 is 2.65 bits per heavy atom. The number of rotatable bonds is 6. The third-order valence-corrected chi connectivity index (χ3v) is 3.24. The lowest BCUT2D eigenvalue weighted by atomic mass is 9.90. The van der Waals surface area contributed by atoms with Crippen LogP contribution < -0.4 is 15.8 Å². The van der Waals surface area contributed by atoms with Crippen molar-refractivity contribution in [3.8, 4) is 5.75 Å². The largest absolute Gasteiger partial charge is 0.496 e. The molecule has 2 unspecified atom stereocenters. The van der Waals surface area contributed by atoms with E-state index in [-0.39, 0.29) is 6.04 Å². The van der Waals surface area contributed by atoms with Gasteiger partial charge in [-0.05, 0) is 32.5 Å². The topological polar surface area (TPSA) is 47.3 Å². The highest BCUT2D eigenvalue weighted by Crippen LogP contribution is 2.30. The first-order valence-electron chi connectivity index (χ1n) is 6.18. The maximum absolute atomic E-state index is 6.36. The molecule has 0 saturated carbocycles. The third kappa shape index (κ3) is 3.45. The molecule has 0 fully saturated rings. The molecule has 1 rings (SSSR count). The fraction of sp³-hybridized carbons (Fsp3) is 0.571. The minimum absolute atomic E-state index is 0.0160. The molecule has 0 aromatic heterocycles. The Morgan fingerprint density at radius 2 is 2.12 bits per heavy atom. The number of hydrogen-bond donors (Lipinski definition) is 2. The van der Waals surface area contributed by atoms with Gasteiger partial charge in [0.25, 0.3) is 0 Å². The van der Waals surface area contributed by atoms with Crippen molar-refractivity contribution < 1.29 is 4.74 Å². The molecule has 96 valence electrons. The van der Waals surface area contributed by atoms with Gasteiger partial charge in [-0.1, -0.05) is 31.0 Å². The summed E-state index contributed by atoms with van der Waals surface area (Å²) in [7, 11) is 3.66. The first-order chi connectivity index (χ1) is 8.13. The Hall–Kier alpha value is -1.06. The summed E-state index contributed by atoms with van der Waals surface area (Å²) in [6, 6.07) is 6.19. The van der Waals surface area contributed by atoms with Crippen molar-refractivity contribution in [2.75, 3.05) is 20.7 Å². The van der Waals surface area contributed by atoms with Gasteiger partial charge >= 0.3 is 0 Å². The highest BCUT2D eigenvalue weighted by Gasteiger charge is 2.20. The first-order valence-corrected chi connectivity index (χ1v) is 6.18. The molecule has 1 aromatic rings. The molecule has 0 heterocycles. The van der Waals surface area contributed by atoms with Crippen molar-refractivity contribution in [1.29, 1.82) is 0 Å². The average Bonchev–Trinajstić information content (AvgIpc) is 2.35. The van der Waals surface area contributed by atoms with E-state index < -0.39 is 0 Å². The molecule has 1 aromatic carbocycles. The van der Waals surface area contributed by atoms with Crippen LogP contribution in [0.3, 0.4) is 0 Å². The molecule has 17 heavy (non-hydrogen) atoms. The predicted molar refractivity (Wildman–Crippen MR) is 72.4 cm³/mol. The number of benzene rings is 1. The highest BCUT2D eigenvalue weighted by molar-refractivity contribution is 5.39. The van der Waals surface area contributed by atoms with Gasteiger partial charge in [-0.15, -0.1) is 0 Å². The second-order valence-corrected chi connectivity index (χ2v) is 4.50. The third-order valence-electron chi connectivity index (χ3n) is 3.24. The number of ether oxygens (including phenoxy) is 1. The van der Waals surface area contributed by atoms with Crippen molar-refractivity contribution in [3.63, 3.8) is 0 Å². The van der Waals surface area contributed by atoms with Gasteiger partial charge in [0, 0.05) is 11.6 Å². The van der Waals surface area contributed by atoms with Crippen LogP contribution in [-0.4, -0.2) is 20.7 Å². The summed E-state index contributed by atoms with van der Waals surface area (Å²) in [5.41, 5.74) is 8.69. The van der Waals surface area contributed by atoms with E-state index in [2.05, 4.69) is 25.2 Å². The van der Waals surface area contributed by atoms with Crippen molar-refractivity contribution in [2.24, 2.45) is 11.7 Å². The summed E-state index contributed by atoms with van der Waals surface area (Å²) in [6.45, 7) is 5.17. The van der Waals surface area contributed by atoms with Crippen molar-refractivity contribution in [3.05, 3.63) is 29.3 Å². The Bertz CT molecular complexity index is 352. The minimum atomic E-state index is 0.0160. The number of nitrogens with one attached hydrogen (secondary N) is 1. The molecule has 0 spiro atoms. The highest BCUT2D eigenvalue weighted by atomic mass is 16.5. The van der Waals surface area contributed by atoms with Crippen LogP contribution in [-0.2, 0) is 0 Å². The number of nitrogens with two attached hydrogens (primary N) is 1. The first kappa shape index (κ1) is 14.0. The second kappa shape index (κ2) is 6.62. The zero-order valence-corrected chi connectivity index (χ0v) is 11.3. The van der Waals surface area contributed by atoms with Gasteiger partial charge in [0.2, 0.25) is 0 Å². The molecule has 3 N–H and O–H groups in total. The molecule has 2 atom stereocenters. The van der Waals surface area contributed by atoms with Crippen LogP contribution in [0.25, 0.3) is 0 Å². The van der Waals surface area contributed by atoms with Crippen LogP contribution in [0.4, 0.5) is 0 Å². The number of hydrogen-bond acceptors (Lipinski definition) is 3. The van der Waals surface area contributed by atoms with E-state index >= 15 is 0 Å². The molecule has 0 aliphatic heterocycles. The second-order valence-electron chi connectivity index (χ2n) is 4.50. The van der Waals surface area contributed by atoms with Crippen LogP contribution in [0.2, 0.25) is 0 Å². The summed E-state index contributed by atoms with van der Waals surface area (Å²) in [4.78, 5) is 0. The summed E-state index contributed by atoms with van der Waals surface area (Å²) in [6.07, 6.45) is 1.05. The number of methoxy groups -OCH3 is 1. The quantitative estimate of drug-likeness (QED) is 0.796. The van der Waals surface area contributed by atoms with Crippen molar-refractivity contribution in [2.45, 2.75) is 26.3 Å². The fourth-order valence-electron chi connectivity index (χ4n) is 2.16. The van der Waals surface area contributed by atoms with E-state index in [1.165, 1.54) is 5.56 Å². The molecule has 0 aliphatic carbocycles. The summed E-state index contributed by atoms with van der Waals surface area (Å²) < 4.78 is 5.39. The maximum atomic E-state index is 6.36. The predicted octanol–water partition coefficient (Wildman–Crippen LogP) is 2.25. The van der Waals surface area contributed by atoms with Crippen LogP contribution in [0.5, 0.6) is 5.75 Å². The molecule has 3 nitrogen and oxygen atoms in total. The smallest absolute Gasteiger partial charge is 0.123 e. The monoisotopic (exact) mass is 236 g/mol. The van der Waals surface area contributed by atoms with E-state index in [0.717, 1.165) is 24.3 Å². The molecular weight excluding hydrogens is 212 g/mol. The Morgan fingerprint density at radius 1 is 1.41 bits per heavy atom. The lowest BCUT2D eigenvalue weighted by molar-refractivity contribution is 0.371. The van der Waals surface area contributed by atoms with E-state index in [9.17, 15) is 0 Å². The van der Waals surface area contributed by atoms with Crippen LogP contribution >= 0.6 is 0 Å². The SMILES string of the molecule is CCC(CNC)C(N)c1cc(C)ccc1OC. The van der Waals surface area contributed by atoms with Gasteiger partial charge < -0.3 is 15.8 Å². The van der Waals surface area contributed by atoms with Crippen LogP contribution in [0.15, 0.2) is 18.2 Å². The van der Waals surface area contributed by atoms with Gasteiger partial charge in [-0.3, -0.25) is 0 Å². The zero-order chi connectivity index (χ0) is 12.8. The van der Waals surface area contributed by atoms with E-state index in [1.807, 2.05) is 19.2 Å². The van der Waals surface area contributed by atoms with Crippen molar-refractivity contribution >= 4 is 0 Å². The van der Waals surface area contributed by atoms with Crippen LogP contribution in [0.1, 0.15) is 30.5 Å². The molecule has 3 heteroatoms. The molecular formula is C14H24N2O. The molecule has 0 aliphatic rings. The average molecular weight is 236 g/mol. The van der Waals surface area contributed by atoms with Gasteiger partial charge in [-0.25, -0.2) is 0 Å². The maximum Gasteiger partial charge on any atom is 0.123 e. The number of aryl methyl sites for hydroxylation is 1. The van der Waals surface area contributed by atoms with Gasteiger partial charge in [0.05, 0.1) is 7.11 Å². The molecule has 0 amide bonds. The van der Waals surface area contributed by atoms with Crippen LogP contribution in [0, 0.1) is 12.8 Å². The molecule has 0 bridgehead atoms. The fourth-order valence-corrected chi connectivity index (χ4v) is 2.16. The van der Waals surface area contributed by atoms with Gasteiger partial charge in [0.1, 0.15) is 5.75 Å². The molecule has 0 radical (unpaired) electrons. The zero-order valence-electron chi connectivity index (χ0n) is 11.3. The van der Waals surface area contributed by atoms with Crippen molar-refractivity contribution in [1.82, 2.24) is 5.32 Å². The van der Waals surface area contributed by atoms with Gasteiger partial charge in [-0.2, -0.15) is 0 Å². The minimum Gasteiger partial charge on any atom is -0.496 e. The summed E-state index contributed by atoms with van der Waals surface area (Å²) in [5.74, 6) is 1.31. The Kier molecular flexibility index (Phi) is 5.45. The summed E-state index contributed by atoms with van der Waals surface area (Å²) in [5, 5.41) is 3.20. The van der Waals surface area contributed by atoms with E-state index in [0.29, 0.717) is 5.92 Å². The normalized spacial score (nSPS) is 14.4. The van der Waals surface area contributed by atoms with Gasteiger partial charge in [0.15, 0.2) is 0 Å². The lowest BCUT2D eigenvalue weighted by Gasteiger charge is -2.24.